The smallest absolute Gasteiger partial charge is 0.466 e. The van der Waals surface area contributed by atoms with Crippen LogP contribution >= 0.6 is 15.6 Å². The summed E-state index contributed by atoms with van der Waals surface area (Å²) in [5.41, 5.74) is 0. The van der Waals surface area contributed by atoms with Crippen molar-refractivity contribution in [3.63, 3.8) is 0 Å². The third-order valence-electron chi connectivity index (χ3n) is 0. The fraction of sp³-hybridized carbons (Fsp3) is 0. The topological polar surface area (TPSA) is 164 Å². The minimum absolute atomic E-state index is 4.64. The second-order valence-corrected chi connectivity index (χ2v) is 2.88. The minimum atomic E-state index is -5.39. The molecule has 0 aromatic rings. The molecule has 0 aliphatic rings. The molecule has 0 unspecified atom stereocenters. The van der Waals surface area contributed by atoms with Crippen LogP contribution in [-0.2, 0) is 9.13 Å². The first-order chi connectivity index (χ1) is 4.00. The van der Waals surface area contributed by atoms with Crippen molar-refractivity contribution in [2.75, 3.05) is 0 Å². The summed E-state index contributed by atoms with van der Waals surface area (Å²) in [5.74, 6) is 0. The monoisotopic (exact) mass is 193 g/mol. The molecule has 0 atom stereocenters. The Morgan fingerprint density at radius 1 is 0.900 bits per heavy atom. The van der Waals surface area contributed by atoms with E-state index >= 15 is 0 Å². The van der Waals surface area contributed by atoms with Crippen molar-refractivity contribution in [1.29, 1.82) is 0 Å². The second kappa shape index (κ2) is 4.17. The van der Waals surface area contributed by atoms with Crippen LogP contribution in [0.15, 0.2) is 0 Å². The zero-order chi connectivity index (χ0) is 9.00. The maximum Gasteiger partial charge on any atom is 0.466 e. The van der Waals surface area contributed by atoms with E-state index in [-0.39, 0.29) is 0 Å². The molecule has 0 radical (unpaired) electrons. The molecule has 0 amide bonds. The van der Waals surface area contributed by atoms with Gasteiger partial charge < -0.3 is 33.9 Å². The summed E-state index contributed by atoms with van der Waals surface area (Å²) >= 11 is 0. The average Bonchev–Trinajstić information content (AvgIpc) is 1.12. The number of rotatable bonds is 0. The largest absolute Gasteiger partial charge is 0.822 e. The molecule has 0 spiro atoms. The van der Waals surface area contributed by atoms with Crippen LogP contribution in [0.4, 0.5) is 0 Å². The molecule has 10 heavy (non-hydrogen) atoms. The van der Waals surface area contributed by atoms with Crippen molar-refractivity contribution >= 4 is 15.6 Å². The Balaban J connectivity index is 0. The summed E-state index contributed by atoms with van der Waals surface area (Å²) in [7, 11) is -10.0. The Morgan fingerprint density at radius 3 is 0.900 bits per heavy atom. The van der Waals surface area contributed by atoms with Gasteiger partial charge in [-0.2, -0.15) is 7.82 Å². The van der Waals surface area contributed by atoms with Crippen molar-refractivity contribution < 1.29 is 38.5 Å². The van der Waals surface area contributed by atoms with E-state index in [1.165, 1.54) is 0 Å². The zero-order valence-electron chi connectivity index (χ0n) is 4.28. The van der Waals surface area contributed by atoms with Gasteiger partial charge in [0.25, 0.3) is 0 Å². The van der Waals surface area contributed by atoms with Crippen molar-refractivity contribution in [1.82, 2.24) is 0 Å². The molecule has 10 heteroatoms. The highest BCUT2D eigenvalue weighted by Gasteiger charge is 2.00. The molecule has 0 rings (SSSR count). The lowest BCUT2D eigenvalue weighted by Crippen LogP contribution is -2.24. The Kier molecular flexibility index (Phi) is 5.36. The molecule has 0 fully saturated rings. The normalized spacial score (nSPS) is 11.8. The van der Waals surface area contributed by atoms with Crippen molar-refractivity contribution in [3.8, 4) is 0 Å². The standard InChI is InChI=1S/2H3O4P/c2*1-5(2,3)4/h2*(H3,1,2,3,4)/p-3. The van der Waals surface area contributed by atoms with E-state index in [2.05, 4.69) is 0 Å². The van der Waals surface area contributed by atoms with Gasteiger partial charge in [-0.1, -0.05) is 0 Å². The summed E-state index contributed by atoms with van der Waals surface area (Å²) in [6, 6.07) is 0. The molecule has 3 N–H and O–H groups in total. The Hall–Kier alpha value is 0.220. The lowest BCUT2D eigenvalue weighted by molar-refractivity contribution is -0.432. The van der Waals surface area contributed by atoms with Gasteiger partial charge >= 0.3 is 7.82 Å². The van der Waals surface area contributed by atoms with Crippen molar-refractivity contribution in [3.05, 3.63) is 0 Å². The Morgan fingerprint density at radius 2 is 0.900 bits per heavy atom. The van der Waals surface area contributed by atoms with E-state index in [4.69, 9.17) is 38.5 Å². The zero-order valence-corrected chi connectivity index (χ0v) is 6.07. The van der Waals surface area contributed by atoms with E-state index in [0.717, 1.165) is 0 Å². The summed E-state index contributed by atoms with van der Waals surface area (Å²) in [6.07, 6.45) is 0. The molecule has 0 saturated carbocycles. The van der Waals surface area contributed by atoms with Crippen LogP contribution in [0.3, 0.4) is 0 Å². The van der Waals surface area contributed by atoms with Gasteiger partial charge in [0, 0.05) is 0 Å². The molecule has 0 bridgehead atoms. The van der Waals surface area contributed by atoms with Crippen LogP contribution in [0.5, 0.6) is 0 Å². The van der Waals surface area contributed by atoms with Crippen LogP contribution in [0.25, 0.3) is 0 Å². The van der Waals surface area contributed by atoms with Gasteiger partial charge in [-0.15, -0.1) is 0 Å². The molecule has 8 nitrogen and oxygen atoms in total. The third-order valence-corrected chi connectivity index (χ3v) is 0. The van der Waals surface area contributed by atoms with Crippen LogP contribution in [-0.4, -0.2) is 14.7 Å². The maximum absolute atomic E-state index is 8.88. The van der Waals surface area contributed by atoms with Crippen LogP contribution in [0.2, 0.25) is 0 Å². The summed E-state index contributed by atoms with van der Waals surface area (Å²) in [4.78, 5) is 47.2. The summed E-state index contributed by atoms with van der Waals surface area (Å²) in [6.45, 7) is 0. The fourth-order valence-corrected chi connectivity index (χ4v) is 0. The van der Waals surface area contributed by atoms with Crippen molar-refractivity contribution in [2.45, 2.75) is 0 Å². The Bertz CT molecular complexity index is 120. The predicted octanol–water partition coefficient (Wildman–Crippen LogP) is -3.75. The quantitative estimate of drug-likeness (QED) is 0.330. The SMILES string of the molecule is O=P(O)(O)O.O=P([O-])([O-])[O-]. The van der Waals surface area contributed by atoms with Gasteiger partial charge in [-0.05, 0) is 0 Å². The highest BCUT2D eigenvalue weighted by atomic mass is 31.2. The first-order valence-electron chi connectivity index (χ1n) is 1.51. The van der Waals surface area contributed by atoms with Gasteiger partial charge in [0.1, 0.15) is 0 Å². The fourth-order valence-electron chi connectivity index (χ4n) is 0. The molecular weight excluding hydrogens is 190 g/mol. The third kappa shape index (κ3) is 8850. The molecule has 0 aromatic heterocycles. The average molecular weight is 193 g/mol. The number of hydrogen-bond donors (Lipinski definition) is 3. The van der Waals surface area contributed by atoms with E-state index in [0.29, 0.717) is 0 Å². The molecule has 0 heterocycles. The number of hydrogen-bond acceptors (Lipinski definition) is 5. The van der Waals surface area contributed by atoms with Gasteiger partial charge in [-0.25, -0.2) is 4.57 Å². The Labute approximate surface area is 55.2 Å². The predicted molar refractivity (Wildman–Crippen MR) is 21.9 cm³/mol. The van der Waals surface area contributed by atoms with E-state index < -0.39 is 15.6 Å². The van der Waals surface area contributed by atoms with Gasteiger partial charge in [0.2, 0.25) is 0 Å². The molecule has 0 aliphatic heterocycles. The van der Waals surface area contributed by atoms with Gasteiger partial charge in [-0.3, -0.25) is 0 Å². The summed E-state index contributed by atoms with van der Waals surface area (Å²) in [5, 5.41) is 0. The highest BCUT2D eigenvalue weighted by molar-refractivity contribution is 7.45. The summed E-state index contributed by atoms with van der Waals surface area (Å²) < 4.78 is 17.4. The van der Waals surface area contributed by atoms with E-state index in [9.17, 15) is 0 Å². The van der Waals surface area contributed by atoms with Crippen LogP contribution in [0, 0.1) is 0 Å². The highest BCUT2D eigenvalue weighted by Crippen LogP contribution is 2.25. The second-order valence-electron chi connectivity index (χ2n) is 0.960. The van der Waals surface area contributed by atoms with E-state index in [1.807, 2.05) is 0 Å². The molecule has 0 saturated heterocycles. The van der Waals surface area contributed by atoms with Crippen molar-refractivity contribution in [2.24, 2.45) is 0 Å². The molecule has 64 valence electrons. The minimum Gasteiger partial charge on any atom is -0.822 e. The molecule has 0 aromatic carbocycles. The van der Waals surface area contributed by atoms with Crippen LogP contribution < -0.4 is 14.7 Å². The van der Waals surface area contributed by atoms with Crippen LogP contribution in [0.1, 0.15) is 0 Å². The number of phosphoric acid groups is 2. The van der Waals surface area contributed by atoms with Gasteiger partial charge in [0.05, 0.1) is 0 Å². The maximum atomic E-state index is 8.88. The lowest BCUT2D eigenvalue weighted by atomic mass is 15.8. The molecule has 0 aliphatic carbocycles. The first kappa shape index (κ1) is 12.9. The molecular formula is H3O8P2-3. The first-order valence-corrected chi connectivity index (χ1v) is 4.54. The lowest BCUT2D eigenvalue weighted by Gasteiger charge is -2.36. The van der Waals surface area contributed by atoms with E-state index in [1.54, 1.807) is 0 Å². The van der Waals surface area contributed by atoms with Gasteiger partial charge in [0.15, 0.2) is 0 Å².